The Morgan fingerprint density at radius 3 is 2.89 bits per heavy atom. The van der Waals surface area contributed by atoms with Crippen LogP contribution in [0.3, 0.4) is 0 Å². The minimum atomic E-state index is 0. The lowest BCUT2D eigenvalue weighted by molar-refractivity contribution is 0.275. The highest BCUT2D eigenvalue weighted by atomic mass is 32.1. The average molecular weight is 391 g/mol. The Kier molecular flexibility index (Phi) is 7.68. The number of nitrogens with one attached hydrogen (secondary N) is 1. The van der Waals surface area contributed by atoms with Crippen LogP contribution in [0.15, 0.2) is 36.8 Å². The van der Waals surface area contributed by atoms with Crippen molar-refractivity contribution in [2.75, 3.05) is 17.7 Å². The summed E-state index contributed by atoms with van der Waals surface area (Å²) in [4.78, 5) is 12.8. The third-order valence-corrected chi connectivity index (χ3v) is 4.02. The molecule has 0 aliphatic heterocycles. The molecule has 0 unspecified atom stereocenters. The molecule has 0 aliphatic carbocycles. The van der Waals surface area contributed by atoms with E-state index in [9.17, 15) is 5.11 Å². The van der Waals surface area contributed by atoms with Crippen molar-refractivity contribution in [3.8, 4) is 5.75 Å². The number of nitrogens with zero attached hydrogens (tertiary/aromatic N) is 4. The molecule has 0 aliphatic rings. The molecule has 8 nitrogen and oxygen atoms in total. The van der Waals surface area contributed by atoms with Gasteiger partial charge in [0, 0.05) is 25.0 Å². The summed E-state index contributed by atoms with van der Waals surface area (Å²) in [5.74, 6) is 1.22. The van der Waals surface area contributed by atoms with E-state index in [1.165, 1.54) is 0 Å². The highest BCUT2D eigenvalue weighted by molar-refractivity contribution is 7.59. The Hall–Kier alpha value is -2.52. The Labute approximate surface area is 165 Å². The number of hydrogen-bond donors (Lipinski definition) is 3. The Balaban J connectivity index is 0.00000261. The van der Waals surface area contributed by atoms with E-state index in [2.05, 4.69) is 27.2 Å². The number of nitrogens with two attached hydrogens (primary N) is 1. The molecule has 0 saturated carbocycles. The van der Waals surface area contributed by atoms with Crippen molar-refractivity contribution in [1.29, 1.82) is 0 Å². The smallest absolute Gasteiger partial charge is 0.222 e. The minimum absolute atomic E-state index is 0. The monoisotopic (exact) mass is 390 g/mol. The third-order valence-electron chi connectivity index (χ3n) is 4.02. The third kappa shape index (κ3) is 5.48. The molecule has 0 radical (unpaired) electrons. The summed E-state index contributed by atoms with van der Waals surface area (Å²) in [6.07, 6.45) is 7.96. The number of aliphatic hydroxyl groups is 1. The molecule has 9 heteroatoms. The molecule has 3 aromatic heterocycles. The number of aromatic nitrogens is 4. The zero-order valence-corrected chi connectivity index (χ0v) is 16.3. The highest BCUT2D eigenvalue weighted by Crippen LogP contribution is 2.25. The molecular weight excluding hydrogens is 364 g/mol. The van der Waals surface area contributed by atoms with Gasteiger partial charge in [-0.15, -0.1) is 0 Å². The lowest BCUT2D eigenvalue weighted by atomic mass is 10.1. The van der Waals surface area contributed by atoms with Crippen LogP contribution in [-0.4, -0.2) is 37.1 Å². The van der Waals surface area contributed by atoms with Crippen LogP contribution in [0.5, 0.6) is 5.75 Å². The van der Waals surface area contributed by atoms with Crippen molar-refractivity contribution >= 4 is 30.9 Å². The Bertz CT molecular complexity index is 818. The van der Waals surface area contributed by atoms with E-state index in [4.69, 9.17) is 10.5 Å². The zero-order valence-electron chi connectivity index (χ0n) is 15.3. The fourth-order valence-corrected chi connectivity index (χ4v) is 2.79. The lowest BCUT2D eigenvalue weighted by Gasteiger charge is -2.19. The van der Waals surface area contributed by atoms with Gasteiger partial charge in [-0.3, -0.25) is 0 Å². The SMILES string of the molecule is CCC[C@@H](CCO)Nc1nc(N)ncc1OCc1cn2ccccc2n1.S. The second-order valence-electron chi connectivity index (χ2n) is 6.07. The van der Waals surface area contributed by atoms with Crippen LogP contribution in [0.1, 0.15) is 31.9 Å². The summed E-state index contributed by atoms with van der Waals surface area (Å²) in [6.45, 7) is 2.50. The summed E-state index contributed by atoms with van der Waals surface area (Å²) >= 11 is 0. The van der Waals surface area contributed by atoms with E-state index < -0.39 is 0 Å². The second kappa shape index (κ2) is 9.98. The molecule has 0 saturated heterocycles. The first-order valence-corrected chi connectivity index (χ1v) is 8.75. The van der Waals surface area contributed by atoms with Gasteiger partial charge in [-0.25, -0.2) is 9.97 Å². The van der Waals surface area contributed by atoms with Crippen molar-refractivity contribution in [3.05, 3.63) is 42.5 Å². The maximum absolute atomic E-state index is 9.25. The first-order chi connectivity index (χ1) is 12.7. The van der Waals surface area contributed by atoms with Crippen LogP contribution in [-0.2, 0) is 6.61 Å². The van der Waals surface area contributed by atoms with E-state index >= 15 is 0 Å². The molecule has 27 heavy (non-hydrogen) atoms. The number of rotatable bonds is 9. The molecule has 3 aromatic rings. The molecule has 0 spiro atoms. The first kappa shape index (κ1) is 20.8. The highest BCUT2D eigenvalue weighted by Gasteiger charge is 2.14. The van der Waals surface area contributed by atoms with Gasteiger partial charge in [0.2, 0.25) is 5.95 Å². The van der Waals surface area contributed by atoms with Gasteiger partial charge in [0.15, 0.2) is 11.6 Å². The van der Waals surface area contributed by atoms with Crippen molar-refractivity contribution in [2.45, 2.75) is 38.8 Å². The van der Waals surface area contributed by atoms with Gasteiger partial charge >= 0.3 is 0 Å². The van der Waals surface area contributed by atoms with Crippen molar-refractivity contribution in [1.82, 2.24) is 19.4 Å². The van der Waals surface area contributed by atoms with Crippen molar-refractivity contribution in [2.24, 2.45) is 0 Å². The summed E-state index contributed by atoms with van der Waals surface area (Å²) in [7, 11) is 0. The fourth-order valence-electron chi connectivity index (χ4n) is 2.79. The van der Waals surface area contributed by atoms with Crippen molar-refractivity contribution in [3.63, 3.8) is 0 Å². The normalized spacial score (nSPS) is 11.8. The summed E-state index contributed by atoms with van der Waals surface area (Å²) in [6, 6.07) is 5.92. The van der Waals surface area contributed by atoms with Gasteiger partial charge in [-0.1, -0.05) is 19.4 Å². The Morgan fingerprint density at radius 1 is 1.30 bits per heavy atom. The molecule has 0 amide bonds. The average Bonchev–Trinajstić information content (AvgIpc) is 3.04. The van der Waals surface area contributed by atoms with E-state index in [-0.39, 0.29) is 32.1 Å². The molecule has 4 N–H and O–H groups in total. The number of aliphatic hydroxyl groups excluding tert-OH is 1. The van der Waals surface area contributed by atoms with Crippen LogP contribution >= 0.6 is 13.5 Å². The molecule has 0 aromatic carbocycles. The maximum atomic E-state index is 9.25. The van der Waals surface area contributed by atoms with Gasteiger partial charge in [0.05, 0.1) is 11.9 Å². The van der Waals surface area contributed by atoms with Crippen LogP contribution in [0.2, 0.25) is 0 Å². The number of imidazole rings is 1. The lowest BCUT2D eigenvalue weighted by Crippen LogP contribution is -2.22. The van der Waals surface area contributed by atoms with Gasteiger partial charge in [-0.05, 0) is 25.0 Å². The molecule has 0 fully saturated rings. The van der Waals surface area contributed by atoms with Crippen LogP contribution < -0.4 is 15.8 Å². The van der Waals surface area contributed by atoms with Gasteiger partial charge < -0.3 is 25.3 Å². The van der Waals surface area contributed by atoms with Crippen LogP contribution in [0.25, 0.3) is 5.65 Å². The van der Waals surface area contributed by atoms with Gasteiger partial charge in [0.25, 0.3) is 0 Å². The van der Waals surface area contributed by atoms with E-state index in [0.29, 0.717) is 24.6 Å². The van der Waals surface area contributed by atoms with Crippen molar-refractivity contribution < 1.29 is 9.84 Å². The largest absolute Gasteiger partial charge is 0.482 e. The topological polar surface area (TPSA) is 111 Å². The Morgan fingerprint density at radius 2 is 2.15 bits per heavy atom. The zero-order chi connectivity index (χ0) is 18.4. The quantitative estimate of drug-likeness (QED) is 0.514. The number of ether oxygens (including phenoxy) is 1. The molecular formula is C18H26N6O2S. The summed E-state index contributed by atoms with van der Waals surface area (Å²) in [5, 5.41) is 12.6. The number of hydrogen-bond acceptors (Lipinski definition) is 7. The summed E-state index contributed by atoms with van der Waals surface area (Å²) < 4.78 is 7.82. The number of fused-ring (bicyclic) bond motifs is 1. The predicted octanol–water partition coefficient (Wildman–Crippen LogP) is 2.36. The minimum Gasteiger partial charge on any atom is -0.482 e. The molecule has 0 bridgehead atoms. The molecule has 3 heterocycles. The van der Waals surface area contributed by atoms with Gasteiger partial charge in [0.1, 0.15) is 12.3 Å². The number of anilines is 2. The van der Waals surface area contributed by atoms with E-state index in [1.54, 1.807) is 6.20 Å². The standard InChI is InChI=1S/C18H24N6O2.H2S/c1-2-5-13(7-9-25)22-17-15(10-20-18(19)23-17)26-12-14-11-24-8-4-3-6-16(24)21-14;/h3-4,6,8,10-11,13,25H,2,5,7,9,12H2,1H3,(H3,19,20,22,23);1H2/t13-;/m0./s1. The maximum Gasteiger partial charge on any atom is 0.222 e. The van der Waals surface area contributed by atoms with E-state index in [0.717, 1.165) is 24.2 Å². The fraction of sp³-hybridized carbons (Fsp3) is 0.389. The van der Waals surface area contributed by atoms with Gasteiger partial charge in [-0.2, -0.15) is 18.5 Å². The molecule has 3 rings (SSSR count). The summed E-state index contributed by atoms with van der Waals surface area (Å²) in [5.41, 5.74) is 7.40. The second-order valence-corrected chi connectivity index (χ2v) is 6.07. The first-order valence-electron chi connectivity index (χ1n) is 8.75. The predicted molar refractivity (Wildman–Crippen MR) is 110 cm³/mol. The van der Waals surface area contributed by atoms with Crippen LogP contribution in [0, 0.1) is 0 Å². The number of nitrogen functional groups attached to an aromatic ring is 1. The molecule has 146 valence electrons. The van der Waals surface area contributed by atoms with E-state index in [1.807, 2.05) is 35.0 Å². The number of pyridine rings is 1. The van der Waals surface area contributed by atoms with Crippen LogP contribution in [0.4, 0.5) is 11.8 Å². The molecule has 1 atom stereocenters.